The molecule has 1 atom stereocenters. The summed E-state index contributed by atoms with van der Waals surface area (Å²) in [7, 11) is 4.00. The highest BCUT2D eigenvalue weighted by Crippen LogP contribution is 2.30. The van der Waals surface area contributed by atoms with E-state index >= 15 is 0 Å². The smallest absolute Gasteiger partial charge is 0.185 e. The van der Waals surface area contributed by atoms with Crippen molar-refractivity contribution < 1.29 is 4.42 Å². The van der Waals surface area contributed by atoms with Crippen LogP contribution in [0.25, 0.3) is 0 Å². The molecule has 2 rings (SSSR count). The maximum Gasteiger partial charge on any atom is 0.185 e. The Kier molecular flexibility index (Phi) is 4.04. The zero-order valence-corrected chi connectivity index (χ0v) is 12.0. The first-order valence-corrected chi connectivity index (χ1v) is 6.81. The number of hydrogen-bond acceptors (Lipinski definition) is 5. The van der Waals surface area contributed by atoms with Gasteiger partial charge in [0.05, 0.1) is 18.5 Å². The van der Waals surface area contributed by atoms with Gasteiger partial charge in [-0.1, -0.05) is 0 Å². The predicted octanol–water partition coefficient (Wildman–Crippen LogP) is 2.96. The third kappa shape index (κ3) is 2.73. The van der Waals surface area contributed by atoms with Crippen molar-refractivity contribution in [2.24, 2.45) is 0 Å². The van der Waals surface area contributed by atoms with E-state index in [1.165, 1.54) is 4.88 Å². The number of hydrogen-bond donors (Lipinski definition) is 1. The van der Waals surface area contributed by atoms with Gasteiger partial charge in [-0.2, -0.15) is 0 Å². The van der Waals surface area contributed by atoms with Gasteiger partial charge >= 0.3 is 0 Å². The van der Waals surface area contributed by atoms with Crippen molar-refractivity contribution in [3.63, 3.8) is 0 Å². The summed E-state index contributed by atoms with van der Waals surface area (Å²) >= 11 is 1.73. The van der Waals surface area contributed by atoms with Crippen LogP contribution in [0, 0.1) is 6.92 Å². The Morgan fingerprint density at radius 2 is 2.33 bits per heavy atom. The Labute approximate surface area is 112 Å². The number of aryl methyl sites for hydroxylation is 1. The summed E-state index contributed by atoms with van der Waals surface area (Å²) in [5, 5.41) is 4.28. The molecule has 0 amide bonds. The third-order valence-electron chi connectivity index (χ3n) is 2.95. The molecule has 0 spiro atoms. The first-order valence-electron chi connectivity index (χ1n) is 6.00. The first kappa shape index (κ1) is 13.1. The van der Waals surface area contributed by atoms with Gasteiger partial charge in [0, 0.05) is 18.0 Å². The second-order valence-electron chi connectivity index (χ2n) is 4.39. The molecule has 0 aliphatic heterocycles. The van der Waals surface area contributed by atoms with E-state index < -0.39 is 0 Å². The van der Waals surface area contributed by atoms with E-state index in [0.29, 0.717) is 6.04 Å². The molecule has 2 aromatic rings. The zero-order chi connectivity index (χ0) is 13.1. The highest BCUT2D eigenvalue weighted by molar-refractivity contribution is 7.15. The van der Waals surface area contributed by atoms with E-state index in [9.17, 15) is 0 Å². The number of furan rings is 1. The van der Waals surface area contributed by atoms with E-state index in [2.05, 4.69) is 29.0 Å². The van der Waals surface area contributed by atoms with Crippen molar-refractivity contribution >= 4 is 16.5 Å². The average Bonchev–Trinajstić information content (AvgIpc) is 2.97. The largest absolute Gasteiger partial charge is 0.467 e. The van der Waals surface area contributed by atoms with Crippen molar-refractivity contribution in [1.82, 2.24) is 10.3 Å². The summed E-state index contributed by atoms with van der Waals surface area (Å²) in [6.45, 7) is 4.95. The monoisotopic (exact) mass is 265 g/mol. The van der Waals surface area contributed by atoms with E-state index in [1.54, 1.807) is 17.6 Å². The molecule has 2 aromatic heterocycles. The van der Waals surface area contributed by atoms with Crippen LogP contribution in [0.15, 0.2) is 22.8 Å². The van der Waals surface area contributed by atoms with E-state index in [-0.39, 0.29) is 0 Å². The Bertz CT molecular complexity index is 492. The fourth-order valence-electron chi connectivity index (χ4n) is 1.79. The number of nitrogens with zero attached hydrogens (tertiary/aromatic N) is 2. The molecule has 98 valence electrons. The number of nitrogens with one attached hydrogen (secondary N) is 1. The van der Waals surface area contributed by atoms with Crippen molar-refractivity contribution in [3.05, 3.63) is 34.7 Å². The molecule has 0 aromatic carbocycles. The van der Waals surface area contributed by atoms with Crippen LogP contribution < -0.4 is 10.2 Å². The van der Waals surface area contributed by atoms with Crippen LogP contribution in [0.2, 0.25) is 0 Å². The molecule has 0 radical (unpaired) electrons. The lowest BCUT2D eigenvalue weighted by molar-refractivity contribution is 0.507. The molecule has 0 saturated heterocycles. The topological polar surface area (TPSA) is 41.3 Å². The fourth-order valence-corrected chi connectivity index (χ4v) is 2.88. The number of rotatable bonds is 5. The highest BCUT2D eigenvalue weighted by Gasteiger charge is 2.15. The SMILES string of the molecule is CNC(C)c1sc(N(C)Cc2ccco2)nc1C. The average molecular weight is 265 g/mol. The molecule has 4 nitrogen and oxygen atoms in total. The highest BCUT2D eigenvalue weighted by atomic mass is 32.1. The second kappa shape index (κ2) is 5.54. The van der Waals surface area contributed by atoms with Crippen LogP contribution in [0.1, 0.15) is 29.3 Å². The summed E-state index contributed by atoms with van der Waals surface area (Å²) in [5.74, 6) is 0.952. The molecular weight excluding hydrogens is 246 g/mol. The molecule has 0 saturated carbocycles. The Morgan fingerprint density at radius 1 is 1.56 bits per heavy atom. The van der Waals surface area contributed by atoms with Gasteiger partial charge in [0.1, 0.15) is 5.76 Å². The predicted molar refractivity (Wildman–Crippen MR) is 75.1 cm³/mol. The molecule has 1 N–H and O–H groups in total. The van der Waals surface area contributed by atoms with Crippen LogP contribution in [0.3, 0.4) is 0 Å². The summed E-state index contributed by atoms with van der Waals surface area (Å²) in [6, 6.07) is 4.23. The maximum absolute atomic E-state index is 5.35. The number of anilines is 1. The summed E-state index contributed by atoms with van der Waals surface area (Å²) in [4.78, 5) is 8.03. The van der Waals surface area contributed by atoms with E-state index in [1.807, 2.05) is 26.2 Å². The van der Waals surface area contributed by atoms with Gasteiger partial charge in [0.25, 0.3) is 0 Å². The molecule has 0 aliphatic rings. The molecule has 5 heteroatoms. The molecule has 0 bridgehead atoms. The van der Waals surface area contributed by atoms with Crippen molar-refractivity contribution in [1.29, 1.82) is 0 Å². The quantitative estimate of drug-likeness (QED) is 0.902. The van der Waals surface area contributed by atoms with Gasteiger partial charge in [0.15, 0.2) is 5.13 Å². The van der Waals surface area contributed by atoms with Crippen molar-refractivity contribution in [2.75, 3.05) is 19.0 Å². The molecular formula is C13H19N3OS. The lowest BCUT2D eigenvalue weighted by Crippen LogP contribution is -2.15. The zero-order valence-electron chi connectivity index (χ0n) is 11.2. The lowest BCUT2D eigenvalue weighted by Gasteiger charge is -2.13. The van der Waals surface area contributed by atoms with Crippen molar-refractivity contribution in [2.45, 2.75) is 26.4 Å². The normalized spacial score (nSPS) is 12.7. The van der Waals surface area contributed by atoms with Gasteiger partial charge in [-0.25, -0.2) is 4.98 Å². The number of aromatic nitrogens is 1. The summed E-state index contributed by atoms with van der Waals surface area (Å²) in [5.41, 5.74) is 1.10. The van der Waals surface area contributed by atoms with E-state index in [4.69, 9.17) is 4.42 Å². The van der Waals surface area contributed by atoms with Gasteiger partial charge in [-0.15, -0.1) is 11.3 Å². The molecule has 0 fully saturated rings. The minimum absolute atomic E-state index is 0.341. The molecule has 18 heavy (non-hydrogen) atoms. The number of thiazole rings is 1. The van der Waals surface area contributed by atoms with Gasteiger partial charge in [0.2, 0.25) is 0 Å². The maximum atomic E-state index is 5.35. The van der Waals surface area contributed by atoms with Crippen molar-refractivity contribution in [3.8, 4) is 0 Å². The third-order valence-corrected chi connectivity index (χ3v) is 4.40. The fraction of sp³-hybridized carbons (Fsp3) is 0.462. The van der Waals surface area contributed by atoms with E-state index in [0.717, 1.165) is 23.1 Å². The van der Waals surface area contributed by atoms with Gasteiger partial charge in [-0.3, -0.25) is 0 Å². The second-order valence-corrected chi connectivity index (χ2v) is 5.40. The van der Waals surface area contributed by atoms with Gasteiger partial charge in [-0.05, 0) is 33.0 Å². The standard InChI is InChI=1S/C13H19N3OS/c1-9(14-3)12-10(2)15-13(18-12)16(4)8-11-6-5-7-17-11/h5-7,9,14H,8H2,1-4H3. The van der Waals surface area contributed by atoms with Gasteiger partial charge < -0.3 is 14.6 Å². The van der Waals surface area contributed by atoms with Crippen LogP contribution >= 0.6 is 11.3 Å². The Hall–Kier alpha value is -1.33. The first-order chi connectivity index (χ1) is 8.61. The van der Waals surface area contributed by atoms with Crippen LogP contribution in [-0.4, -0.2) is 19.1 Å². The summed E-state index contributed by atoms with van der Waals surface area (Å²) in [6.07, 6.45) is 1.70. The van der Waals surface area contributed by atoms with Crippen LogP contribution in [0.5, 0.6) is 0 Å². The minimum atomic E-state index is 0.341. The Morgan fingerprint density at radius 3 is 2.94 bits per heavy atom. The minimum Gasteiger partial charge on any atom is -0.467 e. The van der Waals surface area contributed by atoms with Crippen LogP contribution in [-0.2, 0) is 6.54 Å². The molecule has 1 unspecified atom stereocenters. The van der Waals surface area contributed by atoms with Crippen LogP contribution in [0.4, 0.5) is 5.13 Å². The molecule has 2 heterocycles. The lowest BCUT2D eigenvalue weighted by atomic mass is 10.2. The summed E-state index contributed by atoms with van der Waals surface area (Å²) < 4.78 is 5.35. The molecule has 0 aliphatic carbocycles. The Balaban J connectivity index is 2.13.